The zero-order chi connectivity index (χ0) is 17.8. The second-order valence-electron chi connectivity index (χ2n) is 6.53. The van der Waals surface area contributed by atoms with E-state index in [1.807, 2.05) is 18.2 Å². The van der Waals surface area contributed by atoms with Crippen LogP contribution in [0.1, 0.15) is 31.7 Å². The molecule has 2 N–H and O–H groups in total. The summed E-state index contributed by atoms with van der Waals surface area (Å²) in [4.78, 5) is 24.0. The molecule has 1 heterocycles. The molecule has 130 valence electrons. The van der Waals surface area contributed by atoms with Gasteiger partial charge >= 0.3 is 0 Å². The molecule has 0 spiro atoms. The maximum atomic E-state index is 12.6. The number of fused-ring (bicyclic) bond motifs is 1. The lowest BCUT2D eigenvalue weighted by molar-refractivity contribution is -0.118. The quantitative estimate of drug-likeness (QED) is 0.872. The molecular weight excluding hydrogens is 316 g/mol. The van der Waals surface area contributed by atoms with Gasteiger partial charge in [-0.05, 0) is 29.5 Å². The van der Waals surface area contributed by atoms with Crippen LogP contribution in [0.15, 0.2) is 48.5 Å². The van der Waals surface area contributed by atoms with Crippen LogP contribution in [0.4, 0.5) is 11.4 Å². The SMILES string of the molecule is CC(C)C(CC(=O)Nc1cccc2c1OCC(=O)N2)c1ccccc1. The molecule has 0 aliphatic carbocycles. The number of benzene rings is 2. The molecule has 0 bridgehead atoms. The van der Waals surface area contributed by atoms with Gasteiger partial charge in [-0.3, -0.25) is 9.59 Å². The number of carbonyl (C=O) groups excluding carboxylic acids is 2. The number of anilines is 2. The molecule has 3 rings (SSSR count). The third-order valence-corrected chi connectivity index (χ3v) is 4.35. The Morgan fingerprint density at radius 1 is 1.16 bits per heavy atom. The summed E-state index contributed by atoms with van der Waals surface area (Å²) in [7, 11) is 0. The topological polar surface area (TPSA) is 67.4 Å². The number of hydrogen-bond donors (Lipinski definition) is 2. The van der Waals surface area contributed by atoms with E-state index in [-0.39, 0.29) is 24.3 Å². The molecule has 0 saturated carbocycles. The molecule has 1 unspecified atom stereocenters. The van der Waals surface area contributed by atoms with Crippen LogP contribution in [0, 0.1) is 5.92 Å². The van der Waals surface area contributed by atoms with Crippen molar-refractivity contribution in [1.82, 2.24) is 0 Å². The Hall–Kier alpha value is -2.82. The van der Waals surface area contributed by atoms with Crippen LogP contribution in [-0.4, -0.2) is 18.4 Å². The van der Waals surface area contributed by atoms with Gasteiger partial charge in [-0.1, -0.05) is 50.2 Å². The van der Waals surface area contributed by atoms with Gasteiger partial charge in [0.15, 0.2) is 12.4 Å². The highest BCUT2D eigenvalue weighted by Gasteiger charge is 2.23. The number of nitrogens with one attached hydrogen (secondary N) is 2. The fourth-order valence-corrected chi connectivity index (χ4v) is 3.05. The average Bonchev–Trinajstić information content (AvgIpc) is 2.60. The Balaban J connectivity index is 1.74. The molecule has 2 amide bonds. The Bertz CT molecular complexity index is 772. The first kappa shape index (κ1) is 17.0. The lowest BCUT2D eigenvalue weighted by Crippen LogP contribution is -2.26. The maximum absolute atomic E-state index is 12.6. The summed E-state index contributed by atoms with van der Waals surface area (Å²) in [5, 5.41) is 5.67. The van der Waals surface area contributed by atoms with Gasteiger partial charge in [0.2, 0.25) is 5.91 Å². The number of rotatable bonds is 5. The third kappa shape index (κ3) is 3.99. The third-order valence-electron chi connectivity index (χ3n) is 4.35. The molecule has 5 nitrogen and oxygen atoms in total. The minimum atomic E-state index is -0.195. The molecule has 0 saturated heterocycles. The fraction of sp³-hybridized carbons (Fsp3) is 0.300. The molecule has 25 heavy (non-hydrogen) atoms. The first-order chi connectivity index (χ1) is 12.0. The van der Waals surface area contributed by atoms with Gasteiger partial charge in [0, 0.05) is 6.42 Å². The second-order valence-corrected chi connectivity index (χ2v) is 6.53. The van der Waals surface area contributed by atoms with Gasteiger partial charge in [-0.2, -0.15) is 0 Å². The molecule has 1 atom stereocenters. The summed E-state index contributed by atoms with van der Waals surface area (Å²) in [6.45, 7) is 4.19. The largest absolute Gasteiger partial charge is 0.479 e. The van der Waals surface area contributed by atoms with Crippen LogP contribution >= 0.6 is 0 Å². The van der Waals surface area contributed by atoms with Gasteiger partial charge in [-0.15, -0.1) is 0 Å². The summed E-state index contributed by atoms with van der Waals surface area (Å²) >= 11 is 0. The highest BCUT2D eigenvalue weighted by Crippen LogP contribution is 2.36. The lowest BCUT2D eigenvalue weighted by Gasteiger charge is -2.23. The van der Waals surface area contributed by atoms with E-state index in [9.17, 15) is 9.59 Å². The van der Waals surface area contributed by atoms with Crippen molar-refractivity contribution in [2.75, 3.05) is 17.2 Å². The molecule has 0 fully saturated rings. The van der Waals surface area contributed by atoms with Crippen LogP contribution in [0.5, 0.6) is 5.75 Å². The highest BCUT2D eigenvalue weighted by atomic mass is 16.5. The number of carbonyl (C=O) groups is 2. The minimum absolute atomic E-state index is 0.0431. The molecule has 0 aromatic heterocycles. The number of ether oxygens (including phenoxy) is 1. The van der Waals surface area contributed by atoms with E-state index in [2.05, 4.69) is 36.6 Å². The van der Waals surface area contributed by atoms with E-state index in [1.165, 1.54) is 0 Å². The normalized spacial score (nSPS) is 14.3. The van der Waals surface area contributed by atoms with E-state index in [0.29, 0.717) is 29.5 Å². The summed E-state index contributed by atoms with van der Waals surface area (Å²) in [5.41, 5.74) is 2.32. The summed E-state index contributed by atoms with van der Waals surface area (Å²) in [5.74, 6) is 0.724. The van der Waals surface area contributed by atoms with Crippen LogP contribution in [0.3, 0.4) is 0 Å². The van der Waals surface area contributed by atoms with Gasteiger partial charge in [0.1, 0.15) is 0 Å². The lowest BCUT2D eigenvalue weighted by atomic mass is 9.85. The first-order valence-corrected chi connectivity index (χ1v) is 8.45. The van der Waals surface area contributed by atoms with E-state index >= 15 is 0 Å². The molecule has 1 aliphatic heterocycles. The summed E-state index contributed by atoms with van der Waals surface area (Å²) in [6.07, 6.45) is 0.387. The molecular formula is C20H22N2O3. The molecule has 0 radical (unpaired) electrons. The molecule has 2 aromatic rings. The van der Waals surface area contributed by atoms with Gasteiger partial charge in [0.05, 0.1) is 11.4 Å². The smallest absolute Gasteiger partial charge is 0.262 e. The van der Waals surface area contributed by atoms with Gasteiger partial charge in [0.25, 0.3) is 5.91 Å². The van der Waals surface area contributed by atoms with Gasteiger partial charge < -0.3 is 15.4 Å². The monoisotopic (exact) mass is 338 g/mol. The van der Waals surface area contributed by atoms with E-state index in [4.69, 9.17) is 4.74 Å². The Morgan fingerprint density at radius 3 is 2.64 bits per heavy atom. The van der Waals surface area contributed by atoms with Crippen molar-refractivity contribution in [1.29, 1.82) is 0 Å². The molecule has 1 aliphatic rings. The Kier molecular flexibility index (Phi) is 5.03. The predicted molar refractivity (Wildman–Crippen MR) is 97.8 cm³/mol. The van der Waals surface area contributed by atoms with Gasteiger partial charge in [-0.25, -0.2) is 0 Å². The van der Waals surface area contributed by atoms with Crippen molar-refractivity contribution in [3.05, 3.63) is 54.1 Å². The van der Waals surface area contributed by atoms with Crippen molar-refractivity contribution in [2.24, 2.45) is 5.92 Å². The van der Waals surface area contributed by atoms with E-state index in [1.54, 1.807) is 18.2 Å². The summed E-state index contributed by atoms with van der Waals surface area (Å²) < 4.78 is 5.48. The van der Waals surface area contributed by atoms with Crippen molar-refractivity contribution in [3.8, 4) is 5.75 Å². The Labute approximate surface area is 147 Å². The average molecular weight is 338 g/mol. The first-order valence-electron chi connectivity index (χ1n) is 8.45. The predicted octanol–water partition coefficient (Wildman–Crippen LogP) is 3.79. The second kappa shape index (κ2) is 7.38. The number of hydrogen-bond acceptors (Lipinski definition) is 3. The summed E-state index contributed by atoms with van der Waals surface area (Å²) in [6, 6.07) is 15.4. The molecule has 2 aromatic carbocycles. The fourth-order valence-electron chi connectivity index (χ4n) is 3.05. The highest BCUT2D eigenvalue weighted by molar-refractivity contribution is 6.00. The zero-order valence-electron chi connectivity index (χ0n) is 14.4. The van der Waals surface area contributed by atoms with Crippen LogP contribution < -0.4 is 15.4 Å². The standard InChI is InChI=1S/C20H22N2O3/c1-13(2)15(14-7-4-3-5-8-14)11-18(23)21-16-9-6-10-17-20(16)25-12-19(24)22-17/h3-10,13,15H,11-12H2,1-2H3,(H,21,23)(H,22,24). The van der Waals surface area contributed by atoms with Crippen LogP contribution in [0.25, 0.3) is 0 Å². The van der Waals surface area contributed by atoms with E-state index in [0.717, 1.165) is 5.56 Å². The van der Waals surface area contributed by atoms with E-state index < -0.39 is 0 Å². The van der Waals surface area contributed by atoms with Crippen molar-refractivity contribution < 1.29 is 14.3 Å². The van der Waals surface area contributed by atoms with Crippen LogP contribution in [-0.2, 0) is 9.59 Å². The van der Waals surface area contributed by atoms with Crippen molar-refractivity contribution >= 4 is 23.2 Å². The van der Waals surface area contributed by atoms with Crippen LogP contribution in [0.2, 0.25) is 0 Å². The number of amides is 2. The minimum Gasteiger partial charge on any atom is -0.479 e. The zero-order valence-corrected chi connectivity index (χ0v) is 14.4. The van der Waals surface area contributed by atoms with Crippen molar-refractivity contribution in [2.45, 2.75) is 26.2 Å². The number of para-hydroxylation sites is 1. The molecule has 5 heteroatoms. The van der Waals surface area contributed by atoms with Crippen molar-refractivity contribution in [3.63, 3.8) is 0 Å². The maximum Gasteiger partial charge on any atom is 0.262 e. The Morgan fingerprint density at radius 2 is 1.92 bits per heavy atom.